The second kappa shape index (κ2) is 9.14. The number of halogens is 2. The van der Waals surface area contributed by atoms with Crippen molar-refractivity contribution in [3.8, 4) is 0 Å². The fraction of sp³-hybridized carbons (Fsp3) is 0.500. The third-order valence-corrected chi connectivity index (χ3v) is 2.88. The van der Waals surface area contributed by atoms with Crippen LogP contribution in [0.1, 0.15) is 19.3 Å². The van der Waals surface area contributed by atoms with E-state index in [1.807, 2.05) is 12.1 Å². The van der Waals surface area contributed by atoms with Gasteiger partial charge in [0.2, 0.25) is 5.91 Å². The van der Waals surface area contributed by atoms with Crippen LogP contribution in [0.2, 0.25) is 0 Å². The van der Waals surface area contributed by atoms with E-state index in [4.69, 9.17) is 0 Å². The first-order valence-electron chi connectivity index (χ1n) is 5.75. The Bertz CT molecular complexity index is 342. The zero-order chi connectivity index (χ0) is 11.2. The topological polar surface area (TPSA) is 54.0 Å². The fourth-order valence-corrected chi connectivity index (χ4v) is 2.00. The van der Waals surface area contributed by atoms with Gasteiger partial charge in [-0.25, -0.2) is 0 Å². The average molecular weight is 292 g/mol. The van der Waals surface area contributed by atoms with Crippen molar-refractivity contribution in [2.45, 2.75) is 19.3 Å². The maximum atomic E-state index is 11.7. The van der Waals surface area contributed by atoms with Crippen LogP contribution in [0.4, 0.5) is 5.69 Å². The van der Waals surface area contributed by atoms with Crippen LogP contribution in [0.3, 0.4) is 0 Å². The molecule has 0 saturated carbocycles. The number of rotatable bonds is 3. The first-order valence-corrected chi connectivity index (χ1v) is 5.75. The van der Waals surface area contributed by atoms with Crippen molar-refractivity contribution < 1.29 is 4.79 Å². The number of carbonyl (C=O) groups excluding carboxylic acids is 1. The van der Waals surface area contributed by atoms with E-state index < -0.39 is 0 Å². The lowest BCUT2D eigenvalue weighted by Crippen LogP contribution is -2.30. The van der Waals surface area contributed by atoms with Crippen LogP contribution < -0.4 is 10.6 Å². The lowest BCUT2D eigenvalue weighted by atomic mass is 9.94. The molecule has 1 aliphatic rings. The number of pyridine rings is 1. The summed E-state index contributed by atoms with van der Waals surface area (Å²) in [6.45, 7) is 2.07. The molecule has 18 heavy (non-hydrogen) atoms. The number of hydrogen-bond donors (Lipinski definition) is 2. The molecule has 1 saturated heterocycles. The Hall–Kier alpha value is -0.840. The van der Waals surface area contributed by atoms with Crippen molar-refractivity contribution in [3.63, 3.8) is 0 Å². The number of anilines is 1. The summed E-state index contributed by atoms with van der Waals surface area (Å²) in [5.41, 5.74) is 0.779. The standard InChI is InChI=1S/C12H17N3O.2ClH/c16-12(8-10-3-6-13-7-4-10)15-11-2-1-5-14-9-11;;/h1-2,5,9-10,13H,3-4,6-8H2,(H,15,16);2*1H. The van der Waals surface area contributed by atoms with E-state index in [0.29, 0.717) is 12.3 Å². The van der Waals surface area contributed by atoms with E-state index in [9.17, 15) is 4.79 Å². The Labute approximate surface area is 120 Å². The number of carbonyl (C=O) groups is 1. The highest BCUT2D eigenvalue weighted by molar-refractivity contribution is 5.90. The minimum Gasteiger partial charge on any atom is -0.325 e. The van der Waals surface area contributed by atoms with Crippen LogP contribution >= 0.6 is 24.8 Å². The summed E-state index contributed by atoms with van der Waals surface area (Å²) in [6, 6.07) is 3.67. The number of amides is 1. The van der Waals surface area contributed by atoms with Crippen molar-refractivity contribution in [1.82, 2.24) is 10.3 Å². The molecular formula is C12H19Cl2N3O. The Morgan fingerprint density at radius 2 is 2.11 bits per heavy atom. The third kappa shape index (κ3) is 5.67. The molecule has 1 fully saturated rings. The van der Waals surface area contributed by atoms with Gasteiger partial charge in [-0.05, 0) is 44.0 Å². The summed E-state index contributed by atoms with van der Waals surface area (Å²) in [4.78, 5) is 15.7. The molecule has 1 aliphatic heterocycles. The summed E-state index contributed by atoms with van der Waals surface area (Å²) in [5.74, 6) is 0.623. The molecule has 6 heteroatoms. The SMILES string of the molecule is Cl.Cl.O=C(CC1CCNCC1)Nc1cccnc1. The Morgan fingerprint density at radius 1 is 1.39 bits per heavy atom. The number of nitrogens with one attached hydrogen (secondary N) is 2. The quantitative estimate of drug-likeness (QED) is 0.898. The molecule has 0 aromatic carbocycles. The molecule has 2 N–H and O–H groups in total. The summed E-state index contributed by atoms with van der Waals surface area (Å²) >= 11 is 0. The van der Waals surface area contributed by atoms with Crippen LogP contribution in [0.25, 0.3) is 0 Å². The Balaban J connectivity index is 0.00000144. The van der Waals surface area contributed by atoms with E-state index >= 15 is 0 Å². The van der Waals surface area contributed by atoms with Gasteiger partial charge in [-0.15, -0.1) is 24.8 Å². The van der Waals surface area contributed by atoms with Crippen molar-refractivity contribution in [2.24, 2.45) is 5.92 Å². The summed E-state index contributed by atoms with van der Waals surface area (Å²) < 4.78 is 0. The van der Waals surface area contributed by atoms with Crippen molar-refractivity contribution in [2.75, 3.05) is 18.4 Å². The Kier molecular flexibility index (Phi) is 8.71. The van der Waals surface area contributed by atoms with Crippen LogP contribution in [0.5, 0.6) is 0 Å². The van der Waals surface area contributed by atoms with Crippen LogP contribution in [0, 0.1) is 5.92 Å². The molecule has 0 atom stereocenters. The van der Waals surface area contributed by atoms with Crippen LogP contribution in [-0.2, 0) is 4.79 Å². The zero-order valence-electron chi connectivity index (χ0n) is 10.1. The molecule has 2 heterocycles. The number of aromatic nitrogens is 1. The summed E-state index contributed by atoms with van der Waals surface area (Å²) in [7, 11) is 0. The molecule has 1 aromatic rings. The van der Waals surface area contributed by atoms with E-state index in [1.54, 1.807) is 12.4 Å². The molecule has 102 valence electrons. The van der Waals surface area contributed by atoms with Gasteiger partial charge < -0.3 is 10.6 Å². The fourth-order valence-electron chi connectivity index (χ4n) is 2.00. The van der Waals surface area contributed by atoms with Gasteiger partial charge in [-0.3, -0.25) is 9.78 Å². The number of piperidine rings is 1. The zero-order valence-corrected chi connectivity index (χ0v) is 11.7. The second-order valence-corrected chi connectivity index (χ2v) is 4.19. The van der Waals surface area contributed by atoms with E-state index in [-0.39, 0.29) is 30.7 Å². The lowest BCUT2D eigenvalue weighted by Gasteiger charge is -2.21. The molecular weight excluding hydrogens is 273 g/mol. The Morgan fingerprint density at radius 3 is 2.72 bits per heavy atom. The maximum absolute atomic E-state index is 11.7. The van der Waals surface area contributed by atoms with Crippen LogP contribution in [-0.4, -0.2) is 24.0 Å². The first kappa shape index (κ1) is 17.2. The highest BCUT2D eigenvalue weighted by atomic mass is 35.5. The van der Waals surface area contributed by atoms with Crippen molar-refractivity contribution >= 4 is 36.4 Å². The molecule has 0 bridgehead atoms. The summed E-state index contributed by atoms with van der Waals surface area (Å²) in [6.07, 6.45) is 6.18. The second-order valence-electron chi connectivity index (χ2n) is 4.19. The third-order valence-electron chi connectivity index (χ3n) is 2.88. The molecule has 0 unspecified atom stereocenters. The molecule has 0 spiro atoms. The molecule has 1 amide bonds. The number of hydrogen-bond acceptors (Lipinski definition) is 3. The van der Waals surface area contributed by atoms with Crippen LogP contribution in [0.15, 0.2) is 24.5 Å². The van der Waals surface area contributed by atoms with Gasteiger partial charge in [0.1, 0.15) is 0 Å². The van der Waals surface area contributed by atoms with Gasteiger partial charge >= 0.3 is 0 Å². The smallest absolute Gasteiger partial charge is 0.224 e. The van der Waals surface area contributed by atoms with Gasteiger partial charge in [0.15, 0.2) is 0 Å². The monoisotopic (exact) mass is 291 g/mol. The molecule has 0 aliphatic carbocycles. The minimum atomic E-state index is 0. The molecule has 1 aromatic heterocycles. The highest BCUT2D eigenvalue weighted by Crippen LogP contribution is 2.16. The van der Waals surface area contributed by atoms with Gasteiger partial charge in [-0.2, -0.15) is 0 Å². The van der Waals surface area contributed by atoms with E-state index in [0.717, 1.165) is 31.6 Å². The predicted molar refractivity (Wildman–Crippen MR) is 77.6 cm³/mol. The summed E-state index contributed by atoms with van der Waals surface area (Å²) in [5, 5.41) is 6.16. The average Bonchev–Trinajstić information content (AvgIpc) is 2.31. The van der Waals surface area contributed by atoms with Gasteiger partial charge in [-0.1, -0.05) is 0 Å². The minimum absolute atomic E-state index is 0. The lowest BCUT2D eigenvalue weighted by molar-refractivity contribution is -0.117. The normalized spacial score (nSPS) is 15.1. The van der Waals surface area contributed by atoms with Crippen molar-refractivity contribution in [1.29, 1.82) is 0 Å². The van der Waals surface area contributed by atoms with Gasteiger partial charge in [0, 0.05) is 12.6 Å². The first-order chi connectivity index (χ1) is 7.84. The van der Waals surface area contributed by atoms with E-state index in [1.165, 1.54) is 0 Å². The largest absolute Gasteiger partial charge is 0.325 e. The molecule has 0 radical (unpaired) electrons. The van der Waals surface area contributed by atoms with Gasteiger partial charge in [0.25, 0.3) is 0 Å². The number of nitrogens with zero attached hydrogens (tertiary/aromatic N) is 1. The molecule has 4 nitrogen and oxygen atoms in total. The van der Waals surface area contributed by atoms with E-state index in [2.05, 4.69) is 15.6 Å². The maximum Gasteiger partial charge on any atom is 0.224 e. The van der Waals surface area contributed by atoms with Gasteiger partial charge in [0.05, 0.1) is 11.9 Å². The highest BCUT2D eigenvalue weighted by Gasteiger charge is 2.16. The van der Waals surface area contributed by atoms with Crippen molar-refractivity contribution in [3.05, 3.63) is 24.5 Å². The predicted octanol–water partition coefficient (Wildman–Crippen LogP) is 2.25. The molecule has 2 rings (SSSR count).